The molecule has 0 unspecified atom stereocenters. The smallest absolute Gasteiger partial charge is 0.349 e. The van der Waals surface area contributed by atoms with Crippen LogP contribution in [0.2, 0.25) is 0 Å². The Morgan fingerprint density at radius 1 is 1.54 bits per heavy atom. The van der Waals surface area contributed by atoms with Crippen molar-refractivity contribution in [3.05, 3.63) is 28.9 Å². The molecular weight excluding hydrogens is 168 g/mol. The molecule has 0 bridgehead atoms. The molecule has 1 aromatic rings. The first-order valence-corrected chi connectivity index (χ1v) is 4.14. The Morgan fingerprint density at radius 3 is 2.77 bits per heavy atom. The van der Waals surface area contributed by atoms with Crippen molar-refractivity contribution in [1.29, 1.82) is 0 Å². The first kappa shape index (κ1) is 9.92. The highest BCUT2D eigenvalue weighted by Gasteiger charge is 2.09. The van der Waals surface area contributed by atoms with Crippen molar-refractivity contribution in [2.24, 2.45) is 0 Å². The van der Waals surface area contributed by atoms with Gasteiger partial charge in [-0.1, -0.05) is 0 Å². The largest absolute Gasteiger partial charge is 0.355 e. The molecule has 0 amide bonds. The van der Waals surface area contributed by atoms with Crippen molar-refractivity contribution in [2.75, 3.05) is 0 Å². The van der Waals surface area contributed by atoms with E-state index in [1.165, 1.54) is 10.8 Å². The Labute approximate surface area is 77.2 Å². The van der Waals surface area contributed by atoms with Gasteiger partial charge in [0.2, 0.25) is 0 Å². The van der Waals surface area contributed by atoms with E-state index in [-0.39, 0.29) is 18.0 Å². The molecule has 0 aliphatic rings. The maximum atomic E-state index is 11.1. The molecule has 13 heavy (non-hydrogen) atoms. The van der Waals surface area contributed by atoms with Crippen LogP contribution < -0.4 is 5.69 Å². The van der Waals surface area contributed by atoms with Crippen molar-refractivity contribution >= 4 is 0 Å². The summed E-state index contributed by atoms with van der Waals surface area (Å²) in [6, 6.07) is 1.70. The van der Waals surface area contributed by atoms with Gasteiger partial charge in [0, 0.05) is 12.4 Å². The molecule has 0 aliphatic carbocycles. The summed E-state index contributed by atoms with van der Waals surface area (Å²) in [5.41, 5.74) is -0.526. The second kappa shape index (κ2) is 3.70. The molecule has 0 saturated heterocycles. The zero-order valence-corrected chi connectivity index (χ0v) is 8.15. The first-order valence-electron chi connectivity index (χ1n) is 4.14. The van der Waals surface area contributed by atoms with Gasteiger partial charge in [-0.2, -0.15) is 0 Å². The fourth-order valence-corrected chi connectivity index (χ4v) is 0.749. The third kappa shape index (κ3) is 3.38. The van der Waals surface area contributed by atoms with E-state index in [1.807, 2.05) is 20.8 Å². The van der Waals surface area contributed by atoms with Gasteiger partial charge < -0.3 is 4.74 Å². The van der Waals surface area contributed by atoms with Gasteiger partial charge in [0.1, 0.15) is 6.73 Å². The highest BCUT2D eigenvalue weighted by Crippen LogP contribution is 2.06. The number of hydrogen-bond donors (Lipinski definition) is 0. The molecule has 1 heterocycles. The van der Waals surface area contributed by atoms with Crippen LogP contribution >= 0.6 is 0 Å². The van der Waals surface area contributed by atoms with E-state index < -0.39 is 0 Å². The van der Waals surface area contributed by atoms with E-state index in [0.29, 0.717) is 0 Å². The summed E-state index contributed by atoms with van der Waals surface area (Å²) >= 11 is 0. The summed E-state index contributed by atoms with van der Waals surface area (Å²) in [5, 5.41) is 0. The van der Waals surface area contributed by atoms with E-state index >= 15 is 0 Å². The van der Waals surface area contributed by atoms with Gasteiger partial charge in [0.15, 0.2) is 0 Å². The van der Waals surface area contributed by atoms with Gasteiger partial charge in [-0.15, -0.1) is 0 Å². The van der Waals surface area contributed by atoms with E-state index in [1.54, 1.807) is 12.3 Å². The van der Waals surface area contributed by atoms with Crippen molar-refractivity contribution < 1.29 is 4.74 Å². The van der Waals surface area contributed by atoms with Gasteiger partial charge in [-0.25, -0.2) is 9.78 Å². The fourth-order valence-electron chi connectivity index (χ4n) is 0.749. The molecule has 0 atom stereocenters. The maximum absolute atomic E-state index is 11.1. The molecule has 4 nitrogen and oxygen atoms in total. The van der Waals surface area contributed by atoms with Gasteiger partial charge in [0.05, 0.1) is 5.60 Å². The van der Waals surface area contributed by atoms with Crippen LogP contribution in [0.4, 0.5) is 0 Å². The standard InChI is InChI=1S/C9H14N2O2/c1-9(2,3)13-7-11-6-4-5-10-8(11)12/h4-6H,7H2,1-3H3. The topological polar surface area (TPSA) is 44.1 Å². The number of aromatic nitrogens is 2. The summed E-state index contributed by atoms with van der Waals surface area (Å²) < 4.78 is 6.84. The van der Waals surface area contributed by atoms with Crippen LogP contribution in [0.15, 0.2) is 23.3 Å². The van der Waals surface area contributed by atoms with Crippen molar-refractivity contribution in [3.63, 3.8) is 0 Å². The van der Waals surface area contributed by atoms with Crippen LogP contribution in [0.25, 0.3) is 0 Å². The average molecular weight is 182 g/mol. The lowest BCUT2D eigenvalue weighted by atomic mass is 10.2. The Bertz CT molecular complexity index is 325. The van der Waals surface area contributed by atoms with Crippen molar-refractivity contribution in [2.45, 2.75) is 33.1 Å². The van der Waals surface area contributed by atoms with E-state index in [9.17, 15) is 4.79 Å². The summed E-state index contributed by atoms with van der Waals surface area (Å²) in [6.45, 7) is 6.06. The maximum Gasteiger partial charge on any atom is 0.349 e. The van der Waals surface area contributed by atoms with E-state index in [0.717, 1.165) is 0 Å². The lowest BCUT2D eigenvalue weighted by Gasteiger charge is -2.19. The predicted molar refractivity (Wildman–Crippen MR) is 49.3 cm³/mol. The number of hydrogen-bond acceptors (Lipinski definition) is 3. The fraction of sp³-hybridized carbons (Fsp3) is 0.556. The quantitative estimate of drug-likeness (QED) is 0.685. The van der Waals surface area contributed by atoms with Gasteiger partial charge >= 0.3 is 5.69 Å². The van der Waals surface area contributed by atoms with Crippen LogP contribution in [-0.4, -0.2) is 15.2 Å². The van der Waals surface area contributed by atoms with Crippen LogP contribution in [-0.2, 0) is 11.5 Å². The Kier molecular flexibility index (Phi) is 2.83. The van der Waals surface area contributed by atoms with Crippen LogP contribution in [0.3, 0.4) is 0 Å². The molecule has 1 aromatic heterocycles. The SMILES string of the molecule is CC(C)(C)OCn1cccnc1=O. The van der Waals surface area contributed by atoms with Gasteiger partial charge in [0.25, 0.3) is 0 Å². The minimum Gasteiger partial charge on any atom is -0.355 e. The predicted octanol–water partition coefficient (Wildman–Crippen LogP) is 1.02. The summed E-state index contributed by atoms with van der Waals surface area (Å²) in [6.07, 6.45) is 3.12. The minimum absolute atomic E-state index is 0.241. The van der Waals surface area contributed by atoms with Gasteiger partial charge in [-0.05, 0) is 26.8 Å². The van der Waals surface area contributed by atoms with Crippen molar-refractivity contribution in [3.8, 4) is 0 Å². The summed E-state index contributed by atoms with van der Waals surface area (Å²) in [7, 11) is 0. The molecule has 4 heteroatoms. The number of nitrogens with zero attached hydrogens (tertiary/aromatic N) is 2. The van der Waals surface area contributed by atoms with E-state index in [4.69, 9.17) is 4.74 Å². The number of ether oxygens (including phenoxy) is 1. The molecule has 0 aromatic carbocycles. The Hall–Kier alpha value is -1.16. The summed E-state index contributed by atoms with van der Waals surface area (Å²) in [4.78, 5) is 14.7. The zero-order chi connectivity index (χ0) is 9.90. The average Bonchev–Trinajstić information content (AvgIpc) is 2.01. The van der Waals surface area contributed by atoms with Crippen LogP contribution in [0.5, 0.6) is 0 Å². The second-order valence-corrected chi connectivity index (χ2v) is 3.76. The lowest BCUT2D eigenvalue weighted by molar-refractivity contribution is -0.0450. The van der Waals surface area contributed by atoms with E-state index in [2.05, 4.69) is 4.98 Å². The second-order valence-electron chi connectivity index (χ2n) is 3.76. The highest BCUT2D eigenvalue weighted by molar-refractivity contribution is 4.80. The van der Waals surface area contributed by atoms with Crippen LogP contribution in [0.1, 0.15) is 20.8 Å². The third-order valence-corrected chi connectivity index (χ3v) is 1.42. The molecule has 0 N–H and O–H groups in total. The lowest BCUT2D eigenvalue weighted by Crippen LogP contribution is -2.28. The molecule has 0 aliphatic heterocycles. The Morgan fingerprint density at radius 2 is 2.23 bits per heavy atom. The number of rotatable bonds is 2. The Balaban J connectivity index is 2.66. The normalized spacial score (nSPS) is 11.6. The molecule has 1 rings (SSSR count). The third-order valence-electron chi connectivity index (χ3n) is 1.42. The molecular formula is C9H14N2O2. The molecule has 0 radical (unpaired) electrons. The summed E-state index contributed by atoms with van der Waals surface area (Å²) in [5.74, 6) is 0. The monoisotopic (exact) mass is 182 g/mol. The first-order chi connectivity index (χ1) is 5.99. The zero-order valence-electron chi connectivity index (χ0n) is 8.15. The minimum atomic E-state index is -0.285. The molecule has 0 saturated carbocycles. The van der Waals surface area contributed by atoms with Crippen molar-refractivity contribution in [1.82, 2.24) is 9.55 Å². The van der Waals surface area contributed by atoms with Gasteiger partial charge in [-0.3, -0.25) is 4.57 Å². The highest BCUT2D eigenvalue weighted by atomic mass is 16.5. The molecule has 0 spiro atoms. The molecule has 72 valence electrons. The molecule has 0 fully saturated rings. The van der Waals surface area contributed by atoms with Crippen LogP contribution in [0, 0.1) is 0 Å².